The second-order valence-electron chi connectivity index (χ2n) is 4.83. The Morgan fingerprint density at radius 1 is 1.00 bits per heavy atom. The minimum Gasteiger partial charge on any atom is -0.215 e. The fourth-order valence-corrected chi connectivity index (χ4v) is 3.38. The van der Waals surface area contributed by atoms with E-state index in [-0.39, 0.29) is 0 Å². The van der Waals surface area contributed by atoms with Gasteiger partial charge in [0.25, 0.3) is 0 Å². The number of aromatic nitrogens is 2. The molecule has 21 heavy (non-hydrogen) atoms. The van der Waals surface area contributed by atoms with E-state index >= 15 is 0 Å². The first-order valence-electron chi connectivity index (χ1n) is 7.01. The average Bonchev–Trinajstić information content (AvgIpc) is 2.92. The predicted molar refractivity (Wildman–Crippen MR) is 90.4 cm³/mol. The predicted octanol–water partition coefficient (Wildman–Crippen LogP) is 5.35. The molecule has 0 N–H and O–H groups in total. The number of rotatable bonds is 3. The Balaban J connectivity index is 2.05. The highest BCUT2D eigenvalue weighted by Crippen LogP contribution is 2.31. The van der Waals surface area contributed by atoms with Crippen LogP contribution in [0.2, 0.25) is 0 Å². The van der Waals surface area contributed by atoms with Gasteiger partial charge in [-0.2, -0.15) is 5.10 Å². The maximum Gasteiger partial charge on any atom is 0.100 e. The molecule has 0 fully saturated rings. The summed E-state index contributed by atoms with van der Waals surface area (Å²) in [4.78, 5) is 0. The summed E-state index contributed by atoms with van der Waals surface area (Å²) in [5, 5.41) is 6.09. The van der Waals surface area contributed by atoms with Crippen molar-refractivity contribution in [2.24, 2.45) is 0 Å². The molecule has 0 amide bonds. The van der Waals surface area contributed by atoms with E-state index < -0.39 is 0 Å². The summed E-state index contributed by atoms with van der Waals surface area (Å²) >= 11 is 0. The molecule has 3 aromatic rings. The van der Waals surface area contributed by atoms with E-state index in [1.807, 2.05) is 12.1 Å². The maximum atomic E-state index is 4.82. The highest BCUT2D eigenvalue weighted by molar-refractivity contribution is 7.27. The zero-order chi connectivity index (χ0) is 14.7. The Hall–Kier alpha value is -2.18. The first-order chi connectivity index (χ1) is 10.3. The summed E-state index contributed by atoms with van der Waals surface area (Å²) in [7, 11) is 1.12. The van der Waals surface area contributed by atoms with Crippen LogP contribution >= 0.6 is 8.35 Å². The van der Waals surface area contributed by atoms with Crippen molar-refractivity contribution in [2.45, 2.75) is 13.8 Å². The van der Waals surface area contributed by atoms with E-state index in [1.165, 1.54) is 16.4 Å². The van der Waals surface area contributed by atoms with Gasteiger partial charge >= 0.3 is 0 Å². The lowest BCUT2D eigenvalue weighted by molar-refractivity contribution is 0.983. The molecule has 0 atom stereocenters. The molecule has 0 aliphatic rings. The lowest BCUT2D eigenvalue weighted by Crippen LogP contribution is -1.97. The van der Waals surface area contributed by atoms with Crippen molar-refractivity contribution in [3.8, 4) is 11.3 Å². The van der Waals surface area contributed by atoms with Gasteiger partial charge < -0.3 is 0 Å². The lowest BCUT2D eigenvalue weighted by Gasteiger charge is -2.06. The first kappa shape index (κ1) is 13.8. The average molecular weight is 292 g/mol. The van der Waals surface area contributed by atoms with Gasteiger partial charge in [-0.3, -0.25) is 0 Å². The maximum absolute atomic E-state index is 4.82. The zero-order valence-corrected chi connectivity index (χ0v) is 13.1. The molecule has 2 nitrogen and oxygen atoms in total. The van der Waals surface area contributed by atoms with Crippen LogP contribution in [0.25, 0.3) is 17.0 Å². The quantitative estimate of drug-likeness (QED) is 0.636. The van der Waals surface area contributed by atoms with Crippen LogP contribution in [0.1, 0.15) is 17.8 Å². The molecule has 3 heteroatoms. The third-order valence-corrected chi connectivity index (χ3v) is 4.39. The molecule has 0 radical (unpaired) electrons. The Bertz CT molecular complexity index is 758. The van der Waals surface area contributed by atoms with Gasteiger partial charge in [-0.15, -0.1) is 0 Å². The van der Waals surface area contributed by atoms with Crippen LogP contribution < -0.4 is 0 Å². The normalized spacial score (nSPS) is 12.0. The van der Waals surface area contributed by atoms with Gasteiger partial charge in [0, 0.05) is 24.8 Å². The minimum absolute atomic E-state index is 1.08. The molecule has 0 bridgehead atoms. The fraction of sp³-hybridized carbons (Fsp3) is 0.111. The van der Waals surface area contributed by atoms with Gasteiger partial charge in [0.2, 0.25) is 0 Å². The van der Waals surface area contributed by atoms with E-state index in [2.05, 4.69) is 72.9 Å². The van der Waals surface area contributed by atoms with Gasteiger partial charge in [0.05, 0.1) is 5.70 Å². The number of hydrogen-bond acceptors (Lipinski definition) is 1. The molecule has 0 aliphatic carbocycles. The van der Waals surface area contributed by atoms with Crippen LogP contribution in [0.3, 0.4) is 0 Å². The van der Waals surface area contributed by atoms with Crippen LogP contribution in [-0.2, 0) is 0 Å². The number of aryl methyl sites for hydroxylation is 1. The van der Waals surface area contributed by atoms with Crippen LogP contribution in [0.5, 0.6) is 0 Å². The van der Waals surface area contributed by atoms with Gasteiger partial charge in [-0.25, -0.2) is 4.44 Å². The number of benzene rings is 2. The summed E-state index contributed by atoms with van der Waals surface area (Å²) in [6, 6.07) is 20.8. The van der Waals surface area contributed by atoms with Crippen molar-refractivity contribution in [1.29, 1.82) is 0 Å². The fourth-order valence-electron chi connectivity index (χ4n) is 2.36. The summed E-state index contributed by atoms with van der Waals surface area (Å²) < 4.78 is 2.06. The van der Waals surface area contributed by atoms with Crippen LogP contribution in [-0.4, -0.2) is 9.54 Å². The number of nitrogens with zero attached hydrogens (tertiary/aromatic N) is 2. The molecule has 0 aliphatic heterocycles. The van der Waals surface area contributed by atoms with Gasteiger partial charge in [0.15, 0.2) is 0 Å². The van der Waals surface area contributed by atoms with Crippen LogP contribution in [0.15, 0.2) is 66.7 Å². The zero-order valence-electron chi connectivity index (χ0n) is 12.2. The largest absolute Gasteiger partial charge is 0.215 e. The van der Waals surface area contributed by atoms with Crippen molar-refractivity contribution < 1.29 is 0 Å². The Kier molecular flexibility index (Phi) is 3.98. The second kappa shape index (κ2) is 6.07. The Morgan fingerprint density at radius 3 is 2.24 bits per heavy atom. The number of hydrogen-bond donors (Lipinski definition) is 0. The molecular weight excluding hydrogens is 275 g/mol. The highest BCUT2D eigenvalue weighted by atomic mass is 31.0. The highest BCUT2D eigenvalue weighted by Gasteiger charge is 2.11. The number of allylic oxidation sites excluding steroid dienone is 1. The Morgan fingerprint density at radius 2 is 1.62 bits per heavy atom. The van der Waals surface area contributed by atoms with E-state index in [0.717, 1.165) is 19.7 Å². The molecule has 0 unspecified atom stereocenters. The molecule has 0 saturated heterocycles. The van der Waals surface area contributed by atoms with E-state index in [9.17, 15) is 0 Å². The van der Waals surface area contributed by atoms with Crippen molar-refractivity contribution >= 4 is 14.0 Å². The Labute approximate surface area is 126 Å². The second-order valence-corrected chi connectivity index (χ2v) is 6.08. The minimum atomic E-state index is 1.08. The van der Waals surface area contributed by atoms with Gasteiger partial charge in [0.1, 0.15) is 5.69 Å². The van der Waals surface area contributed by atoms with E-state index in [1.54, 1.807) is 0 Å². The van der Waals surface area contributed by atoms with Crippen molar-refractivity contribution in [3.63, 3.8) is 0 Å². The van der Waals surface area contributed by atoms with Crippen LogP contribution in [0, 0.1) is 6.92 Å². The summed E-state index contributed by atoms with van der Waals surface area (Å²) in [6.07, 6.45) is 2.12. The molecule has 1 aromatic heterocycles. The lowest BCUT2D eigenvalue weighted by atomic mass is 10.1. The SMILES string of the molecule is CC=C(c1ccccc1)n1nc(-c2ccccc2)c(C)p1. The van der Waals surface area contributed by atoms with Gasteiger partial charge in [-0.05, 0) is 13.8 Å². The molecular formula is C18H17N2P. The van der Waals surface area contributed by atoms with E-state index in [4.69, 9.17) is 5.10 Å². The van der Waals surface area contributed by atoms with Crippen LogP contribution in [0.4, 0.5) is 0 Å². The van der Waals surface area contributed by atoms with Gasteiger partial charge in [-0.1, -0.05) is 66.7 Å². The molecule has 2 aromatic carbocycles. The molecule has 104 valence electrons. The topological polar surface area (TPSA) is 17.8 Å². The third-order valence-electron chi connectivity index (χ3n) is 3.39. The summed E-state index contributed by atoms with van der Waals surface area (Å²) in [5.74, 6) is 0. The molecule has 0 spiro atoms. The first-order valence-corrected chi connectivity index (χ1v) is 7.86. The molecule has 1 heterocycles. The molecule has 0 saturated carbocycles. The van der Waals surface area contributed by atoms with Crippen molar-refractivity contribution in [2.75, 3.05) is 0 Å². The standard InChI is InChI=1S/C18H17N2P/c1-3-17(15-10-6-4-7-11-15)20-19-18(14(2)21-20)16-12-8-5-9-13-16/h3-13H,1-2H3. The summed E-state index contributed by atoms with van der Waals surface area (Å²) in [6.45, 7) is 4.20. The van der Waals surface area contributed by atoms with Crippen molar-refractivity contribution in [3.05, 3.63) is 77.6 Å². The summed E-state index contributed by atoms with van der Waals surface area (Å²) in [5.41, 5.74) is 4.59. The molecule has 3 rings (SSSR count). The third kappa shape index (κ3) is 2.81. The smallest absolute Gasteiger partial charge is 0.100 e. The monoisotopic (exact) mass is 292 g/mol. The van der Waals surface area contributed by atoms with Crippen molar-refractivity contribution in [1.82, 2.24) is 9.54 Å². The van der Waals surface area contributed by atoms with E-state index in [0.29, 0.717) is 0 Å².